The minimum absolute atomic E-state index is 0.338. The largest absolute Gasteiger partial charge is 0.420 e. The zero-order valence-corrected chi connectivity index (χ0v) is 14.6. The van der Waals surface area contributed by atoms with Crippen LogP contribution in [-0.2, 0) is 6.54 Å². The van der Waals surface area contributed by atoms with Gasteiger partial charge in [-0.25, -0.2) is 0 Å². The molecule has 0 saturated carbocycles. The van der Waals surface area contributed by atoms with Crippen LogP contribution in [0.4, 0.5) is 0 Å². The molecular weight excluding hydrogens is 318 g/mol. The van der Waals surface area contributed by atoms with Crippen molar-refractivity contribution in [2.45, 2.75) is 32.2 Å². The first-order valence-electron chi connectivity index (χ1n) is 8.44. The summed E-state index contributed by atoms with van der Waals surface area (Å²) < 4.78 is 5.98. The normalized spacial score (nSPS) is 18.8. The van der Waals surface area contributed by atoms with Gasteiger partial charge in [-0.05, 0) is 44.0 Å². The molecule has 0 aliphatic carbocycles. The van der Waals surface area contributed by atoms with E-state index in [4.69, 9.17) is 4.42 Å². The van der Waals surface area contributed by atoms with Crippen molar-refractivity contribution in [2.75, 3.05) is 13.1 Å². The summed E-state index contributed by atoms with van der Waals surface area (Å²) in [4.78, 5) is 4.81. The van der Waals surface area contributed by atoms with Gasteiger partial charge in [0.25, 0.3) is 5.89 Å². The van der Waals surface area contributed by atoms with Crippen molar-refractivity contribution in [3.05, 3.63) is 58.8 Å². The third kappa shape index (κ3) is 3.42. The lowest BCUT2D eigenvalue weighted by molar-refractivity contribution is 0.186. The Labute approximate surface area is 146 Å². The van der Waals surface area contributed by atoms with E-state index < -0.39 is 0 Å². The Kier molecular flexibility index (Phi) is 4.45. The second-order valence-electron chi connectivity index (χ2n) is 6.42. The van der Waals surface area contributed by atoms with Crippen molar-refractivity contribution >= 4 is 11.3 Å². The standard InChI is InChI=1S/C19H21N3OS/c1-14-9-10-17(24-14)19-21-20-18(23-19)16-8-5-11-22(13-16)12-15-6-3-2-4-7-15/h2-4,6-7,9-10,16H,5,8,11-13H2,1H3/t16-/m1/s1. The maximum atomic E-state index is 5.98. The summed E-state index contributed by atoms with van der Waals surface area (Å²) in [6.07, 6.45) is 2.30. The summed E-state index contributed by atoms with van der Waals surface area (Å²) in [7, 11) is 0. The first kappa shape index (κ1) is 15.5. The van der Waals surface area contributed by atoms with Crippen LogP contribution in [-0.4, -0.2) is 28.2 Å². The average molecular weight is 339 g/mol. The summed E-state index contributed by atoms with van der Waals surface area (Å²) in [6.45, 7) is 5.20. The summed E-state index contributed by atoms with van der Waals surface area (Å²) in [6, 6.07) is 14.8. The average Bonchev–Trinajstić information content (AvgIpc) is 3.25. The summed E-state index contributed by atoms with van der Waals surface area (Å²) >= 11 is 1.70. The van der Waals surface area contributed by atoms with Gasteiger partial charge in [0.05, 0.1) is 10.8 Å². The first-order valence-corrected chi connectivity index (χ1v) is 9.26. The van der Waals surface area contributed by atoms with Gasteiger partial charge in [-0.1, -0.05) is 30.3 Å². The second-order valence-corrected chi connectivity index (χ2v) is 7.70. The molecule has 24 heavy (non-hydrogen) atoms. The van der Waals surface area contributed by atoms with E-state index in [0.29, 0.717) is 11.8 Å². The molecule has 0 bridgehead atoms. The Morgan fingerprint density at radius 2 is 2.04 bits per heavy atom. The van der Waals surface area contributed by atoms with Crippen LogP contribution in [0.5, 0.6) is 0 Å². The molecule has 1 atom stereocenters. The van der Waals surface area contributed by atoms with Crippen molar-refractivity contribution in [3.8, 4) is 10.8 Å². The lowest BCUT2D eigenvalue weighted by Crippen LogP contribution is -2.34. The fourth-order valence-electron chi connectivity index (χ4n) is 3.29. The van der Waals surface area contributed by atoms with Gasteiger partial charge in [-0.15, -0.1) is 21.5 Å². The molecule has 4 nitrogen and oxygen atoms in total. The molecule has 3 aromatic rings. The SMILES string of the molecule is Cc1ccc(-c2nnc([C@@H]3CCCN(Cc4ccccc4)C3)o2)s1. The predicted octanol–water partition coefficient (Wildman–Crippen LogP) is 4.49. The Morgan fingerprint density at radius 1 is 1.17 bits per heavy atom. The van der Waals surface area contributed by atoms with Crippen LogP contribution in [0.1, 0.15) is 35.1 Å². The van der Waals surface area contributed by atoms with Crippen molar-refractivity contribution in [1.29, 1.82) is 0 Å². The van der Waals surface area contributed by atoms with Crippen molar-refractivity contribution < 1.29 is 4.42 Å². The molecule has 1 saturated heterocycles. The highest BCUT2D eigenvalue weighted by molar-refractivity contribution is 7.15. The van der Waals surface area contributed by atoms with Crippen LogP contribution in [0.15, 0.2) is 46.9 Å². The molecule has 3 heterocycles. The van der Waals surface area contributed by atoms with Gasteiger partial charge in [0, 0.05) is 18.0 Å². The van der Waals surface area contributed by atoms with Gasteiger partial charge in [-0.3, -0.25) is 4.90 Å². The number of likely N-dealkylation sites (tertiary alicyclic amines) is 1. The van der Waals surface area contributed by atoms with Crippen LogP contribution < -0.4 is 0 Å². The zero-order valence-electron chi connectivity index (χ0n) is 13.8. The minimum atomic E-state index is 0.338. The molecule has 0 spiro atoms. The molecule has 1 fully saturated rings. The van der Waals surface area contributed by atoms with Crippen molar-refractivity contribution in [3.63, 3.8) is 0 Å². The van der Waals surface area contributed by atoms with Crippen LogP contribution in [0.25, 0.3) is 10.8 Å². The molecule has 5 heteroatoms. The maximum Gasteiger partial charge on any atom is 0.257 e. The van der Waals surface area contributed by atoms with Gasteiger partial charge in [0.15, 0.2) is 0 Å². The Bertz CT molecular complexity index is 796. The zero-order chi connectivity index (χ0) is 16.4. The topological polar surface area (TPSA) is 42.2 Å². The molecule has 0 radical (unpaired) electrons. The third-order valence-corrected chi connectivity index (χ3v) is 5.48. The fraction of sp³-hybridized carbons (Fsp3) is 0.368. The highest BCUT2D eigenvalue weighted by Crippen LogP contribution is 2.31. The number of aryl methyl sites for hydroxylation is 1. The number of hydrogen-bond donors (Lipinski definition) is 0. The van der Waals surface area contributed by atoms with E-state index in [9.17, 15) is 0 Å². The minimum Gasteiger partial charge on any atom is -0.420 e. The lowest BCUT2D eigenvalue weighted by atomic mass is 9.97. The van der Waals surface area contributed by atoms with E-state index in [0.717, 1.165) is 36.8 Å². The highest BCUT2D eigenvalue weighted by atomic mass is 32.1. The van der Waals surface area contributed by atoms with Crippen LogP contribution in [0.2, 0.25) is 0 Å². The van der Waals surface area contributed by atoms with E-state index in [1.165, 1.54) is 16.9 Å². The molecule has 0 N–H and O–H groups in total. The maximum absolute atomic E-state index is 5.98. The second kappa shape index (κ2) is 6.87. The Hall–Kier alpha value is -1.98. The van der Waals surface area contributed by atoms with Gasteiger partial charge < -0.3 is 4.42 Å². The number of nitrogens with zero attached hydrogens (tertiary/aromatic N) is 3. The number of piperidine rings is 1. The van der Waals surface area contributed by atoms with E-state index >= 15 is 0 Å². The Morgan fingerprint density at radius 3 is 2.83 bits per heavy atom. The van der Waals surface area contributed by atoms with E-state index in [2.05, 4.69) is 64.5 Å². The highest BCUT2D eigenvalue weighted by Gasteiger charge is 2.26. The fourth-order valence-corrected chi connectivity index (χ4v) is 4.08. The van der Waals surface area contributed by atoms with Gasteiger partial charge >= 0.3 is 0 Å². The number of benzene rings is 1. The quantitative estimate of drug-likeness (QED) is 0.702. The molecule has 1 aliphatic heterocycles. The molecule has 1 aliphatic rings. The van der Waals surface area contributed by atoms with Crippen LogP contribution in [0, 0.1) is 6.92 Å². The van der Waals surface area contributed by atoms with Crippen molar-refractivity contribution in [2.24, 2.45) is 0 Å². The molecule has 1 aromatic carbocycles. The van der Waals surface area contributed by atoms with Gasteiger partial charge in [0.2, 0.25) is 5.89 Å². The van der Waals surface area contributed by atoms with E-state index in [1.807, 2.05) is 0 Å². The lowest BCUT2D eigenvalue weighted by Gasteiger charge is -2.31. The number of aromatic nitrogens is 2. The molecule has 0 amide bonds. The molecular formula is C19H21N3OS. The van der Waals surface area contributed by atoms with Crippen LogP contribution >= 0.6 is 11.3 Å². The molecule has 0 unspecified atom stereocenters. The summed E-state index contributed by atoms with van der Waals surface area (Å²) in [5.41, 5.74) is 1.36. The van der Waals surface area contributed by atoms with E-state index in [-0.39, 0.29) is 0 Å². The Balaban J connectivity index is 1.45. The number of rotatable bonds is 4. The summed E-state index contributed by atoms with van der Waals surface area (Å²) in [5, 5.41) is 8.59. The smallest absolute Gasteiger partial charge is 0.257 e. The third-order valence-electron chi connectivity index (χ3n) is 4.50. The summed E-state index contributed by atoms with van der Waals surface area (Å²) in [5.74, 6) is 1.78. The number of thiophene rings is 1. The predicted molar refractivity (Wildman–Crippen MR) is 96.0 cm³/mol. The monoisotopic (exact) mass is 339 g/mol. The first-order chi connectivity index (χ1) is 11.8. The van der Waals surface area contributed by atoms with E-state index in [1.54, 1.807) is 11.3 Å². The molecule has 2 aromatic heterocycles. The van der Waals surface area contributed by atoms with Crippen LogP contribution in [0.3, 0.4) is 0 Å². The molecule has 4 rings (SSSR count). The van der Waals surface area contributed by atoms with Crippen molar-refractivity contribution in [1.82, 2.24) is 15.1 Å². The van der Waals surface area contributed by atoms with Gasteiger partial charge in [-0.2, -0.15) is 0 Å². The molecule has 124 valence electrons. The number of hydrogen-bond acceptors (Lipinski definition) is 5. The van der Waals surface area contributed by atoms with Gasteiger partial charge in [0.1, 0.15) is 0 Å².